The highest BCUT2D eigenvalue weighted by atomic mass is 16.6. The summed E-state index contributed by atoms with van der Waals surface area (Å²) in [5, 5.41) is 0. The van der Waals surface area contributed by atoms with E-state index in [1.807, 2.05) is 0 Å². The van der Waals surface area contributed by atoms with Gasteiger partial charge in [0.2, 0.25) is 0 Å². The van der Waals surface area contributed by atoms with Gasteiger partial charge in [0.15, 0.2) is 6.10 Å². The Morgan fingerprint density at radius 2 is 0.643 bits per heavy atom. The van der Waals surface area contributed by atoms with Crippen LogP contribution < -0.4 is 0 Å². The number of unbranched alkanes of at least 4 members (excludes halogenated alkanes) is 24. The molecule has 0 aliphatic carbocycles. The van der Waals surface area contributed by atoms with Crippen LogP contribution in [0.4, 0.5) is 0 Å². The normalized spacial score (nSPS) is 13.0. The van der Waals surface area contributed by atoms with Gasteiger partial charge >= 0.3 is 11.9 Å². The van der Waals surface area contributed by atoms with Crippen LogP contribution in [-0.2, 0) is 23.8 Å². The molecular formula is C65H110O5. The Bertz CT molecular complexity index is 1380. The first-order chi connectivity index (χ1) is 34.6. The second-order valence-corrected chi connectivity index (χ2v) is 19.1. The number of rotatable bonds is 53. The van der Waals surface area contributed by atoms with E-state index in [2.05, 4.69) is 130 Å². The van der Waals surface area contributed by atoms with Crippen molar-refractivity contribution in [2.45, 2.75) is 271 Å². The summed E-state index contributed by atoms with van der Waals surface area (Å²) in [6, 6.07) is 0. The first-order valence-electron chi connectivity index (χ1n) is 29.4. The molecule has 0 saturated heterocycles. The summed E-state index contributed by atoms with van der Waals surface area (Å²) in [6.07, 6.45) is 82.5. The Labute approximate surface area is 434 Å². The van der Waals surface area contributed by atoms with Crippen LogP contribution in [0.15, 0.2) is 109 Å². The fourth-order valence-electron chi connectivity index (χ4n) is 7.96. The molecule has 0 radical (unpaired) electrons. The largest absolute Gasteiger partial charge is 0.462 e. The highest BCUT2D eigenvalue weighted by Crippen LogP contribution is 2.14. The van der Waals surface area contributed by atoms with Crippen LogP contribution in [0.2, 0.25) is 0 Å². The van der Waals surface area contributed by atoms with Crippen LogP contribution in [0.1, 0.15) is 265 Å². The molecule has 0 aromatic carbocycles. The van der Waals surface area contributed by atoms with Gasteiger partial charge in [-0.15, -0.1) is 0 Å². The van der Waals surface area contributed by atoms with E-state index in [0.29, 0.717) is 19.4 Å². The van der Waals surface area contributed by atoms with E-state index in [0.717, 1.165) is 122 Å². The van der Waals surface area contributed by atoms with Gasteiger partial charge in [-0.1, -0.05) is 239 Å². The standard InChI is InChI=1S/C65H110O5/c1-4-7-10-13-16-19-22-25-28-31-33-35-37-40-43-46-49-52-55-58-64(66)69-62-63(61-68-60-57-54-51-48-45-42-39-36-32-29-26-23-20-17-14-11-8-5-2)70-65(67)59-56-53-50-47-44-41-38-34-30-27-24-21-18-15-12-9-6-3/h7,9-10,12,16,18-19,21,25-30,33,35,38,41,63H,4-6,8,11,13-15,17,20,22-24,31-32,34,36-37,39-40,42-62H2,1-3H3/b10-7-,12-9-,19-16-,21-18-,28-25-,29-26-,30-27-,35-33-,41-38-. The second-order valence-electron chi connectivity index (χ2n) is 19.1. The molecular weight excluding hydrogens is 861 g/mol. The number of carbonyl (C=O) groups excluding carboxylic acids is 2. The third-order valence-corrected chi connectivity index (χ3v) is 12.3. The average Bonchev–Trinajstić information content (AvgIpc) is 3.36. The minimum atomic E-state index is -0.565. The molecule has 400 valence electrons. The third-order valence-electron chi connectivity index (χ3n) is 12.3. The van der Waals surface area contributed by atoms with Gasteiger partial charge in [0.1, 0.15) is 6.61 Å². The Morgan fingerprint density at radius 3 is 1.04 bits per heavy atom. The SMILES string of the molecule is CC/C=C\C/C=C\C/C=C\C/C=C\CCCCCCCCC(=O)OCC(COCCCCCCCCCC/C=C\CCCCCCCC)OC(=O)CCCCCC/C=C\C/C=C\C/C=C\C/C=C\CC. The second kappa shape index (κ2) is 59.9. The summed E-state index contributed by atoms with van der Waals surface area (Å²) in [4.78, 5) is 25.6. The van der Waals surface area contributed by atoms with Crippen molar-refractivity contribution in [3.63, 3.8) is 0 Å². The van der Waals surface area contributed by atoms with Gasteiger partial charge < -0.3 is 14.2 Å². The number of ether oxygens (including phenoxy) is 3. The molecule has 0 amide bonds. The predicted octanol–water partition coefficient (Wildman–Crippen LogP) is 20.3. The zero-order valence-corrected chi connectivity index (χ0v) is 46.0. The van der Waals surface area contributed by atoms with Crippen LogP contribution in [0.25, 0.3) is 0 Å². The quantitative estimate of drug-likeness (QED) is 0.0345. The molecule has 1 atom stereocenters. The lowest BCUT2D eigenvalue weighted by Gasteiger charge is -2.18. The number of hydrogen-bond donors (Lipinski definition) is 0. The molecule has 0 rings (SSSR count). The monoisotopic (exact) mass is 971 g/mol. The van der Waals surface area contributed by atoms with E-state index < -0.39 is 6.10 Å². The maximum atomic E-state index is 12.9. The molecule has 0 heterocycles. The van der Waals surface area contributed by atoms with Crippen LogP contribution in [0.3, 0.4) is 0 Å². The predicted molar refractivity (Wildman–Crippen MR) is 306 cm³/mol. The molecule has 0 aliphatic heterocycles. The summed E-state index contributed by atoms with van der Waals surface area (Å²) >= 11 is 0. The van der Waals surface area contributed by atoms with Crippen molar-refractivity contribution in [3.8, 4) is 0 Å². The van der Waals surface area contributed by atoms with Gasteiger partial charge in [0, 0.05) is 19.4 Å². The molecule has 1 unspecified atom stereocenters. The lowest BCUT2D eigenvalue weighted by atomic mass is 10.1. The molecule has 70 heavy (non-hydrogen) atoms. The van der Waals surface area contributed by atoms with E-state index in [9.17, 15) is 9.59 Å². The number of carbonyl (C=O) groups is 2. The van der Waals surface area contributed by atoms with E-state index in [-0.39, 0.29) is 25.2 Å². The summed E-state index contributed by atoms with van der Waals surface area (Å²) in [5.74, 6) is -0.441. The molecule has 0 bridgehead atoms. The Hall–Kier alpha value is -3.44. The van der Waals surface area contributed by atoms with Gasteiger partial charge in [-0.2, -0.15) is 0 Å². The van der Waals surface area contributed by atoms with Crippen molar-refractivity contribution >= 4 is 11.9 Å². The van der Waals surface area contributed by atoms with Gasteiger partial charge in [-0.25, -0.2) is 0 Å². The Balaban J connectivity index is 4.37. The van der Waals surface area contributed by atoms with Crippen LogP contribution in [-0.4, -0.2) is 37.9 Å². The van der Waals surface area contributed by atoms with E-state index in [1.165, 1.54) is 109 Å². The maximum Gasteiger partial charge on any atom is 0.306 e. The maximum absolute atomic E-state index is 12.9. The zero-order valence-electron chi connectivity index (χ0n) is 46.0. The molecule has 0 fully saturated rings. The lowest BCUT2D eigenvalue weighted by molar-refractivity contribution is -0.163. The lowest BCUT2D eigenvalue weighted by Crippen LogP contribution is -2.30. The van der Waals surface area contributed by atoms with Crippen LogP contribution in [0.5, 0.6) is 0 Å². The number of allylic oxidation sites excluding steroid dienone is 18. The summed E-state index contributed by atoms with van der Waals surface area (Å²) in [6.45, 7) is 7.56. The first-order valence-corrected chi connectivity index (χ1v) is 29.4. The van der Waals surface area contributed by atoms with Crippen molar-refractivity contribution in [1.82, 2.24) is 0 Å². The van der Waals surface area contributed by atoms with Crippen molar-refractivity contribution < 1.29 is 23.8 Å². The van der Waals surface area contributed by atoms with Crippen LogP contribution in [0, 0.1) is 0 Å². The highest BCUT2D eigenvalue weighted by Gasteiger charge is 2.17. The van der Waals surface area contributed by atoms with Crippen molar-refractivity contribution in [2.75, 3.05) is 19.8 Å². The molecule has 0 aliphatic rings. The minimum Gasteiger partial charge on any atom is -0.462 e. The minimum absolute atomic E-state index is 0.0612. The smallest absolute Gasteiger partial charge is 0.306 e. The molecule has 0 aromatic heterocycles. The molecule has 0 aromatic rings. The Kier molecular flexibility index (Phi) is 56.9. The summed E-state index contributed by atoms with van der Waals surface area (Å²) < 4.78 is 17.5. The van der Waals surface area contributed by atoms with E-state index in [4.69, 9.17) is 14.2 Å². The fraction of sp³-hybridized carbons (Fsp3) is 0.692. The van der Waals surface area contributed by atoms with Crippen molar-refractivity contribution in [2.24, 2.45) is 0 Å². The van der Waals surface area contributed by atoms with Gasteiger partial charge in [0.25, 0.3) is 0 Å². The molecule has 0 spiro atoms. The Morgan fingerprint density at radius 1 is 0.329 bits per heavy atom. The van der Waals surface area contributed by atoms with Crippen molar-refractivity contribution in [3.05, 3.63) is 109 Å². The number of esters is 2. The fourth-order valence-corrected chi connectivity index (χ4v) is 7.96. The zero-order chi connectivity index (χ0) is 50.6. The first kappa shape index (κ1) is 66.6. The topological polar surface area (TPSA) is 61.8 Å². The summed E-state index contributed by atoms with van der Waals surface area (Å²) in [7, 11) is 0. The molecule has 5 nitrogen and oxygen atoms in total. The number of hydrogen-bond acceptors (Lipinski definition) is 5. The molecule has 0 saturated carbocycles. The van der Waals surface area contributed by atoms with E-state index in [1.54, 1.807) is 0 Å². The van der Waals surface area contributed by atoms with Gasteiger partial charge in [-0.05, 0) is 122 Å². The third kappa shape index (κ3) is 57.1. The molecule has 0 N–H and O–H groups in total. The highest BCUT2D eigenvalue weighted by molar-refractivity contribution is 5.70. The van der Waals surface area contributed by atoms with Gasteiger partial charge in [-0.3, -0.25) is 9.59 Å². The van der Waals surface area contributed by atoms with Gasteiger partial charge in [0.05, 0.1) is 6.61 Å². The van der Waals surface area contributed by atoms with Crippen molar-refractivity contribution in [1.29, 1.82) is 0 Å². The average molecular weight is 972 g/mol. The summed E-state index contributed by atoms with van der Waals surface area (Å²) in [5.41, 5.74) is 0. The van der Waals surface area contributed by atoms with E-state index >= 15 is 0 Å². The van der Waals surface area contributed by atoms with Crippen LogP contribution >= 0.6 is 0 Å². The molecule has 5 heteroatoms.